The zero-order chi connectivity index (χ0) is 14.6. The second-order valence-corrected chi connectivity index (χ2v) is 5.67. The van der Waals surface area contributed by atoms with Gasteiger partial charge in [-0.15, -0.1) is 0 Å². The van der Waals surface area contributed by atoms with E-state index in [0.717, 1.165) is 7.11 Å². The van der Waals surface area contributed by atoms with Gasteiger partial charge in [-0.2, -0.15) is 0 Å². The van der Waals surface area contributed by atoms with Gasteiger partial charge in [-0.05, 0) is 19.1 Å². The fourth-order valence-corrected chi connectivity index (χ4v) is 2.33. The van der Waals surface area contributed by atoms with Gasteiger partial charge in [0.25, 0.3) is 0 Å². The van der Waals surface area contributed by atoms with E-state index >= 15 is 0 Å². The van der Waals surface area contributed by atoms with Crippen LogP contribution in [0, 0.1) is 0 Å². The Bertz CT molecular complexity index is 569. The lowest BCUT2D eigenvalue weighted by atomic mass is 10.3. The summed E-state index contributed by atoms with van der Waals surface area (Å²) in [6.45, 7) is 1.18. The van der Waals surface area contributed by atoms with Crippen LogP contribution in [-0.2, 0) is 19.6 Å². The molecule has 19 heavy (non-hydrogen) atoms. The van der Waals surface area contributed by atoms with Gasteiger partial charge < -0.3 is 14.6 Å². The van der Waals surface area contributed by atoms with E-state index in [0.29, 0.717) is 0 Å². The first-order valence-electron chi connectivity index (χ1n) is 5.29. The van der Waals surface area contributed by atoms with E-state index in [9.17, 15) is 18.3 Å². The maximum atomic E-state index is 11.9. The van der Waals surface area contributed by atoms with E-state index in [1.807, 2.05) is 0 Å². The third-order valence-corrected chi connectivity index (χ3v) is 4.08. The van der Waals surface area contributed by atoms with E-state index in [1.165, 1.54) is 32.2 Å². The minimum absolute atomic E-state index is 0.124. The monoisotopic (exact) mass is 289 g/mol. The van der Waals surface area contributed by atoms with Crippen molar-refractivity contribution in [3.8, 4) is 11.5 Å². The Morgan fingerprint density at radius 3 is 2.53 bits per heavy atom. The Balaban J connectivity index is 3.12. The fourth-order valence-electron chi connectivity index (χ4n) is 1.32. The number of carbonyl (C=O) groups excluding carboxylic acids is 1. The standard InChI is InChI=1S/C11H15NO6S/c1-7(11(14)18-3)19(15,16)12-10-8(13)5-4-6-9(10)17-2/h4-7,12-13H,1-3H3. The molecule has 0 aliphatic heterocycles. The van der Waals surface area contributed by atoms with Crippen LogP contribution in [0.4, 0.5) is 5.69 Å². The van der Waals surface area contributed by atoms with Crippen molar-refractivity contribution in [2.75, 3.05) is 18.9 Å². The number of rotatable bonds is 5. The number of ether oxygens (including phenoxy) is 2. The normalized spacial score (nSPS) is 12.6. The lowest BCUT2D eigenvalue weighted by molar-refractivity contribution is -0.139. The summed E-state index contributed by atoms with van der Waals surface area (Å²) < 4.78 is 35.3. The van der Waals surface area contributed by atoms with Crippen LogP contribution in [0.3, 0.4) is 0 Å². The van der Waals surface area contributed by atoms with Crippen LogP contribution in [0.2, 0.25) is 0 Å². The largest absolute Gasteiger partial charge is 0.506 e. The molecule has 0 aromatic heterocycles. The van der Waals surface area contributed by atoms with Crippen molar-refractivity contribution < 1.29 is 27.8 Å². The second-order valence-electron chi connectivity index (χ2n) is 3.67. The molecule has 0 bridgehead atoms. The molecule has 1 atom stereocenters. The molecule has 0 saturated heterocycles. The van der Waals surface area contributed by atoms with Gasteiger partial charge in [-0.1, -0.05) is 6.07 Å². The number of methoxy groups -OCH3 is 2. The second kappa shape index (κ2) is 5.79. The summed E-state index contributed by atoms with van der Waals surface area (Å²) in [6, 6.07) is 4.26. The maximum Gasteiger partial charge on any atom is 0.325 e. The molecular formula is C11H15NO6S. The molecule has 106 valence electrons. The number of anilines is 1. The summed E-state index contributed by atoms with van der Waals surface area (Å²) in [4.78, 5) is 11.3. The molecule has 0 saturated carbocycles. The van der Waals surface area contributed by atoms with Gasteiger partial charge in [-0.3, -0.25) is 9.52 Å². The van der Waals surface area contributed by atoms with Crippen LogP contribution < -0.4 is 9.46 Å². The smallest absolute Gasteiger partial charge is 0.325 e. The lowest BCUT2D eigenvalue weighted by Crippen LogP contribution is -2.33. The van der Waals surface area contributed by atoms with Gasteiger partial charge in [0.05, 0.1) is 14.2 Å². The van der Waals surface area contributed by atoms with Gasteiger partial charge in [-0.25, -0.2) is 8.42 Å². The number of hydrogen-bond acceptors (Lipinski definition) is 6. The summed E-state index contributed by atoms with van der Waals surface area (Å²) in [5.41, 5.74) is -0.124. The van der Waals surface area contributed by atoms with Gasteiger partial charge in [0.15, 0.2) is 5.25 Å². The first-order valence-corrected chi connectivity index (χ1v) is 6.83. The predicted octanol–water partition coefficient (Wildman–Crippen LogP) is 0.704. The summed E-state index contributed by atoms with van der Waals surface area (Å²) in [6.07, 6.45) is 0. The average molecular weight is 289 g/mol. The molecule has 0 aliphatic carbocycles. The third-order valence-electron chi connectivity index (χ3n) is 2.47. The van der Waals surface area contributed by atoms with Gasteiger partial charge in [0.1, 0.15) is 17.2 Å². The highest BCUT2D eigenvalue weighted by molar-refractivity contribution is 7.94. The first-order chi connectivity index (χ1) is 8.83. The zero-order valence-corrected chi connectivity index (χ0v) is 11.5. The van der Waals surface area contributed by atoms with E-state index in [-0.39, 0.29) is 17.2 Å². The van der Waals surface area contributed by atoms with Crippen LogP contribution in [0.15, 0.2) is 18.2 Å². The molecular weight excluding hydrogens is 274 g/mol. The van der Waals surface area contributed by atoms with Gasteiger partial charge in [0, 0.05) is 0 Å². The summed E-state index contributed by atoms with van der Waals surface area (Å²) in [7, 11) is -1.62. The number of aromatic hydroxyl groups is 1. The lowest BCUT2D eigenvalue weighted by Gasteiger charge is -2.15. The molecule has 1 aromatic rings. The number of benzene rings is 1. The Kier molecular flexibility index (Phi) is 4.60. The summed E-state index contributed by atoms with van der Waals surface area (Å²) in [5, 5.41) is 8.23. The number of phenolic OH excluding ortho intramolecular Hbond substituents is 1. The first kappa shape index (κ1) is 15.1. The number of nitrogens with one attached hydrogen (secondary N) is 1. The van der Waals surface area contributed by atoms with Crippen molar-refractivity contribution in [3.63, 3.8) is 0 Å². The third kappa shape index (κ3) is 3.28. The minimum Gasteiger partial charge on any atom is -0.506 e. The summed E-state index contributed by atoms with van der Waals surface area (Å²) >= 11 is 0. The van der Waals surface area contributed by atoms with E-state index in [4.69, 9.17) is 4.74 Å². The Labute approximate surface area is 111 Å². The van der Waals surface area contributed by atoms with Crippen LogP contribution in [0.25, 0.3) is 0 Å². The number of hydrogen-bond donors (Lipinski definition) is 2. The van der Waals surface area contributed by atoms with Crippen molar-refractivity contribution in [3.05, 3.63) is 18.2 Å². The molecule has 0 fully saturated rings. The van der Waals surface area contributed by atoms with Gasteiger partial charge >= 0.3 is 5.97 Å². The predicted molar refractivity (Wildman–Crippen MR) is 68.7 cm³/mol. The van der Waals surface area contributed by atoms with Gasteiger partial charge in [0.2, 0.25) is 10.0 Å². The molecule has 0 amide bonds. The van der Waals surface area contributed by atoms with E-state index < -0.39 is 21.2 Å². The number of para-hydroxylation sites is 1. The Morgan fingerprint density at radius 1 is 1.37 bits per heavy atom. The average Bonchev–Trinajstić information content (AvgIpc) is 2.39. The fraction of sp³-hybridized carbons (Fsp3) is 0.364. The maximum absolute atomic E-state index is 11.9. The minimum atomic E-state index is -4.04. The van der Waals surface area contributed by atoms with Crippen LogP contribution in [0.5, 0.6) is 11.5 Å². The van der Waals surface area contributed by atoms with E-state index in [1.54, 1.807) is 0 Å². The molecule has 1 rings (SSSR count). The quantitative estimate of drug-likeness (QED) is 0.611. The molecule has 1 unspecified atom stereocenters. The van der Waals surface area contributed by atoms with Crippen molar-refractivity contribution in [1.82, 2.24) is 0 Å². The summed E-state index contributed by atoms with van der Waals surface area (Å²) in [5.74, 6) is -1.07. The topological polar surface area (TPSA) is 102 Å². The Morgan fingerprint density at radius 2 is 2.00 bits per heavy atom. The Hall–Kier alpha value is -1.96. The molecule has 0 aliphatic rings. The zero-order valence-electron chi connectivity index (χ0n) is 10.7. The van der Waals surface area contributed by atoms with E-state index in [2.05, 4.69) is 9.46 Å². The van der Waals surface area contributed by atoms with Crippen molar-refractivity contribution in [2.24, 2.45) is 0 Å². The number of carbonyl (C=O) groups is 1. The van der Waals surface area contributed by atoms with Crippen LogP contribution in [0.1, 0.15) is 6.92 Å². The molecule has 2 N–H and O–H groups in total. The molecule has 7 nitrogen and oxygen atoms in total. The number of sulfonamides is 1. The highest BCUT2D eigenvalue weighted by Crippen LogP contribution is 2.34. The highest BCUT2D eigenvalue weighted by Gasteiger charge is 2.30. The molecule has 0 spiro atoms. The molecule has 8 heteroatoms. The SMILES string of the molecule is COC(=O)C(C)S(=O)(=O)Nc1c(O)cccc1OC. The van der Waals surface area contributed by atoms with Crippen molar-refractivity contribution >= 4 is 21.7 Å². The van der Waals surface area contributed by atoms with Crippen LogP contribution >= 0.6 is 0 Å². The number of phenols is 1. The molecule has 0 heterocycles. The molecule has 1 aromatic carbocycles. The molecule has 0 radical (unpaired) electrons. The van der Waals surface area contributed by atoms with Crippen LogP contribution in [-0.4, -0.2) is 39.0 Å². The highest BCUT2D eigenvalue weighted by atomic mass is 32.2. The van der Waals surface area contributed by atoms with Crippen molar-refractivity contribution in [2.45, 2.75) is 12.2 Å². The van der Waals surface area contributed by atoms with Crippen molar-refractivity contribution in [1.29, 1.82) is 0 Å². The number of esters is 1.